The molecule has 8 aromatic rings. The molecule has 54 heavy (non-hydrogen) atoms. The van der Waals surface area contributed by atoms with Gasteiger partial charge < -0.3 is 28.7 Å². The van der Waals surface area contributed by atoms with E-state index in [-0.39, 0.29) is 13.4 Å². The second kappa shape index (κ2) is 9.48. The standard InChI is InChI=1S/C46H24B2N2O4/c1-3-11-26(12-4-1)49-28-15-7-17-30-39(28)47-41-32(51-30)19-9-21-34(41)53-36-23-25-24-37-44-46(38(25)45(49)43(36)47)50(27-13-5-2-6-14-27)29-16-8-18-31-40(29)48(44)42-33(52-31)20-10-22-35(42)54-37/h1-24H. The molecule has 0 fully saturated rings. The molecule has 0 saturated carbocycles. The minimum Gasteiger partial charge on any atom is -0.458 e. The predicted molar refractivity (Wildman–Crippen MR) is 216 cm³/mol. The van der Waals surface area contributed by atoms with Gasteiger partial charge in [-0.15, -0.1) is 0 Å². The van der Waals surface area contributed by atoms with Gasteiger partial charge in [0.1, 0.15) is 46.0 Å². The minimum absolute atomic E-state index is 0.0817. The summed E-state index contributed by atoms with van der Waals surface area (Å²) >= 11 is 0. The molecule has 248 valence electrons. The van der Waals surface area contributed by atoms with Crippen LogP contribution in [0, 0.1) is 0 Å². The minimum atomic E-state index is -0.0817. The molecule has 0 aliphatic carbocycles. The molecule has 0 unspecified atom stereocenters. The van der Waals surface area contributed by atoms with Crippen molar-refractivity contribution in [1.29, 1.82) is 0 Å². The van der Waals surface area contributed by atoms with Crippen LogP contribution in [-0.2, 0) is 0 Å². The fraction of sp³-hybridized carbons (Fsp3) is 0. The summed E-state index contributed by atoms with van der Waals surface area (Å²) in [5, 5.41) is 2.18. The Morgan fingerprint density at radius 3 is 1.13 bits per heavy atom. The van der Waals surface area contributed by atoms with Gasteiger partial charge in [0.05, 0.1) is 11.4 Å². The van der Waals surface area contributed by atoms with Crippen LogP contribution in [0.15, 0.2) is 146 Å². The van der Waals surface area contributed by atoms with Crippen molar-refractivity contribution in [2.75, 3.05) is 9.80 Å². The fourth-order valence-electron chi connectivity index (χ4n) is 10.2. The van der Waals surface area contributed by atoms with E-state index in [1.807, 2.05) is 12.1 Å². The maximum Gasteiger partial charge on any atom is 0.266 e. The van der Waals surface area contributed by atoms with Crippen molar-refractivity contribution in [1.82, 2.24) is 0 Å². The lowest BCUT2D eigenvalue weighted by Gasteiger charge is -2.46. The Balaban J connectivity index is 1.20. The number of fused-ring (bicyclic) bond motifs is 3. The van der Waals surface area contributed by atoms with Crippen LogP contribution in [0.4, 0.5) is 34.1 Å². The predicted octanol–water partition coefficient (Wildman–Crippen LogP) is 7.86. The molecule has 0 atom stereocenters. The van der Waals surface area contributed by atoms with Crippen LogP contribution in [0.25, 0.3) is 10.8 Å². The molecule has 0 N–H and O–H groups in total. The normalized spacial score (nSPS) is 14.7. The molecular formula is C46H24B2N2O4. The molecule has 0 saturated heterocycles. The summed E-state index contributed by atoms with van der Waals surface area (Å²) in [6.07, 6.45) is 0. The first kappa shape index (κ1) is 27.6. The molecule has 0 bridgehead atoms. The Hall–Kier alpha value is -7.05. The number of rotatable bonds is 2. The molecule has 0 spiro atoms. The van der Waals surface area contributed by atoms with E-state index in [0.717, 1.165) is 124 Å². The second-order valence-electron chi connectivity index (χ2n) is 14.7. The highest BCUT2D eigenvalue weighted by Gasteiger charge is 2.52. The number of hydrogen-bond acceptors (Lipinski definition) is 6. The first-order valence-electron chi connectivity index (χ1n) is 18.4. The molecule has 0 amide bonds. The van der Waals surface area contributed by atoms with Crippen LogP contribution in [-0.4, -0.2) is 13.4 Å². The van der Waals surface area contributed by atoms with Gasteiger partial charge in [0, 0.05) is 39.1 Å². The molecule has 8 heteroatoms. The molecule has 6 nitrogen and oxygen atoms in total. The Labute approximate surface area is 310 Å². The Morgan fingerprint density at radius 2 is 0.704 bits per heavy atom. The van der Waals surface area contributed by atoms with Crippen molar-refractivity contribution in [2.45, 2.75) is 0 Å². The van der Waals surface area contributed by atoms with Gasteiger partial charge in [0.15, 0.2) is 0 Å². The average Bonchev–Trinajstić information content (AvgIpc) is 3.21. The lowest BCUT2D eigenvalue weighted by molar-refractivity contribution is 0.464. The number of hydrogen-bond donors (Lipinski definition) is 0. The molecular weight excluding hydrogens is 666 g/mol. The molecule has 8 aromatic carbocycles. The van der Waals surface area contributed by atoms with E-state index in [1.165, 1.54) is 0 Å². The maximum absolute atomic E-state index is 6.96. The van der Waals surface area contributed by atoms with Crippen LogP contribution in [0.1, 0.15) is 0 Å². The summed E-state index contributed by atoms with van der Waals surface area (Å²) in [6.45, 7) is -0.163. The SMILES string of the molecule is c1ccc(N2c3cccc4c3B3c5c(cccc5Oc5cc6cc7c8c(c6c2c53)N(c2ccccc2)c2cccc3c2B8c2c(cccc2O7)O3)O4)cc1. The molecule has 0 aromatic heterocycles. The van der Waals surface area contributed by atoms with E-state index in [9.17, 15) is 0 Å². The van der Waals surface area contributed by atoms with Gasteiger partial charge in [-0.05, 0) is 112 Å². The van der Waals surface area contributed by atoms with Crippen LogP contribution in [0.5, 0.6) is 46.0 Å². The number of ether oxygens (including phenoxy) is 4. The molecule has 6 aliphatic rings. The lowest BCUT2D eigenvalue weighted by atomic mass is 9.32. The van der Waals surface area contributed by atoms with Crippen LogP contribution in [0.3, 0.4) is 0 Å². The Morgan fingerprint density at radius 1 is 0.333 bits per heavy atom. The van der Waals surface area contributed by atoms with E-state index < -0.39 is 0 Å². The zero-order valence-corrected chi connectivity index (χ0v) is 28.5. The zero-order chi connectivity index (χ0) is 34.8. The van der Waals surface area contributed by atoms with Crippen molar-refractivity contribution < 1.29 is 18.9 Å². The Kier molecular flexibility index (Phi) is 4.84. The summed E-state index contributed by atoms with van der Waals surface area (Å²) in [5.41, 5.74) is 13.3. The third-order valence-electron chi connectivity index (χ3n) is 12.1. The lowest BCUT2D eigenvalue weighted by Crippen LogP contribution is -2.62. The first-order valence-corrected chi connectivity index (χ1v) is 18.4. The van der Waals surface area contributed by atoms with Crippen molar-refractivity contribution >= 4 is 91.1 Å². The maximum atomic E-state index is 6.96. The summed E-state index contributed by atoms with van der Waals surface area (Å²) in [5.74, 6) is 6.78. The zero-order valence-electron chi connectivity index (χ0n) is 28.5. The first-order chi connectivity index (χ1) is 26.8. The Bertz CT molecular complexity index is 2840. The number of benzene rings is 8. The van der Waals surface area contributed by atoms with Crippen LogP contribution >= 0.6 is 0 Å². The molecule has 6 aliphatic heterocycles. The van der Waals surface area contributed by atoms with Crippen LogP contribution in [0.2, 0.25) is 0 Å². The quantitative estimate of drug-likeness (QED) is 0.172. The summed E-state index contributed by atoms with van der Waals surface area (Å²) < 4.78 is 27.3. The number of para-hydroxylation sites is 2. The van der Waals surface area contributed by atoms with Gasteiger partial charge >= 0.3 is 0 Å². The van der Waals surface area contributed by atoms with E-state index in [2.05, 4.69) is 143 Å². The molecule has 6 heterocycles. The fourth-order valence-corrected chi connectivity index (χ4v) is 10.2. The van der Waals surface area contributed by atoms with Crippen molar-refractivity contribution in [3.63, 3.8) is 0 Å². The number of nitrogens with zero attached hydrogens (tertiary/aromatic N) is 2. The summed E-state index contributed by atoms with van der Waals surface area (Å²) in [7, 11) is 0. The highest BCUT2D eigenvalue weighted by atomic mass is 16.5. The monoisotopic (exact) mass is 690 g/mol. The van der Waals surface area contributed by atoms with Gasteiger partial charge in [-0.1, -0.05) is 60.7 Å². The average molecular weight is 690 g/mol. The molecule has 0 radical (unpaired) electrons. The largest absolute Gasteiger partial charge is 0.458 e. The smallest absolute Gasteiger partial charge is 0.266 e. The van der Waals surface area contributed by atoms with Gasteiger partial charge in [-0.3, -0.25) is 0 Å². The molecule has 14 rings (SSSR count). The van der Waals surface area contributed by atoms with Gasteiger partial charge in [-0.25, -0.2) is 0 Å². The van der Waals surface area contributed by atoms with Crippen LogP contribution < -0.4 is 61.5 Å². The second-order valence-corrected chi connectivity index (χ2v) is 14.7. The van der Waals surface area contributed by atoms with Gasteiger partial charge in [0.2, 0.25) is 0 Å². The van der Waals surface area contributed by atoms with Crippen molar-refractivity contribution in [3.8, 4) is 46.0 Å². The van der Waals surface area contributed by atoms with E-state index in [1.54, 1.807) is 0 Å². The highest BCUT2D eigenvalue weighted by molar-refractivity contribution is 7.02. The topological polar surface area (TPSA) is 43.4 Å². The number of anilines is 6. The van der Waals surface area contributed by atoms with E-state index in [4.69, 9.17) is 18.9 Å². The van der Waals surface area contributed by atoms with Crippen molar-refractivity contribution in [3.05, 3.63) is 146 Å². The van der Waals surface area contributed by atoms with Gasteiger partial charge in [0.25, 0.3) is 13.4 Å². The highest BCUT2D eigenvalue weighted by Crippen LogP contribution is 2.54. The van der Waals surface area contributed by atoms with Crippen molar-refractivity contribution in [2.24, 2.45) is 0 Å². The van der Waals surface area contributed by atoms with Gasteiger partial charge in [-0.2, -0.15) is 0 Å². The third kappa shape index (κ3) is 3.19. The summed E-state index contributed by atoms with van der Waals surface area (Å²) in [6, 6.07) is 51.1. The summed E-state index contributed by atoms with van der Waals surface area (Å²) in [4.78, 5) is 4.88. The van der Waals surface area contributed by atoms with E-state index in [0.29, 0.717) is 0 Å². The third-order valence-corrected chi connectivity index (χ3v) is 12.1. The van der Waals surface area contributed by atoms with E-state index >= 15 is 0 Å².